The number of methoxy groups -OCH3 is 1. The molecule has 104 valence electrons. The maximum Gasteiger partial charge on any atom is 0.261 e. The molecule has 20 heavy (non-hydrogen) atoms. The van der Waals surface area contributed by atoms with Crippen LogP contribution in [0.1, 0.15) is 15.9 Å². The van der Waals surface area contributed by atoms with Gasteiger partial charge in [0.15, 0.2) is 0 Å². The van der Waals surface area contributed by atoms with Crippen LogP contribution < -0.4 is 15.4 Å². The van der Waals surface area contributed by atoms with Crippen molar-refractivity contribution in [3.05, 3.63) is 53.6 Å². The molecule has 0 aliphatic heterocycles. The molecule has 0 bridgehead atoms. The van der Waals surface area contributed by atoms with E-state index in [1.54, 1.807) is 37.3 Å². The van der Waals surface area contributed by atoms with E-state index in [-0.39, 0.29) is 5.91 Å². The van der Waals surface area contributed by atoms with Crippen LogP contribution in [0.4, 0.5) is 11.4 Å². The highest BCUT2D eigenvalue weighted by Crippen LogP contribution is 2.24. The summed E-state index contributed by atoms with van der Waals surface area (Å²) in [5.41, 5.74) is 8.67. The van der Waals surface area contributed by atoms with E-state index in [4.69, 9.17) is 10.5 Å². The quantitative estimate of drug-likeness (QED) is 0.872. The van der Waals surface area contributed by atoms with E-state index in [1.165, 1.54) is 0 Å². The SMILES string of the molecule is COc1ccc(C)cc1C(=O)N(C)c1cccc(N)c1. The lowest BCUT2D eigenvalue weighted by molar-refractivity contribution is 0.0990. The minimum atomic E-state index is -0.129. The van der Waals surface area contributed by atoms with Crippen molar-refractivity contribution in [2.45, 2.75) is 6.92 Å². The van der Waals surface area contributed by atoms with E-state index in [0.29, 0.717) is 17.0 Å². The van der Waals surface area contributed by atoms with Gasteiger partial charge >= 0.3 is 0 Å². The van der Waals surface area contributed by atoms with Gasteiger partial charge in [0.2, 0.25) is 0 Å². The van der Waals surface area contributed by atoms with Crippen LogP contribution in [0.25, 0.3) is 0 Å². The highest BCUT2D eigenvalue weighted by atomic mass is 16.5. The zero-order valence-electron chi connectivity index (χ0n) is 11.9. The number of amides is 1. The molecule has 4 heteroatoms. The Hall–Kier alpha value is -2.49. The Morgan fingerprint density at radius 3 is 2.60 bits per heavy atom. The van der Waals surface area contributed by atoms with Crippen LogP contribution in [0.2, 0.25) is 0 Å². The first-order valence-corrected chi connectivity index (χ1v) is 6.31. The summed E-state index contributed by atoms with van der Waals surface area (Å²) in [6.45, 7) is 1.94. The molecule has 0 aliphatic rings. The number of ether oxygens (including phenoxy) is 1. The fourth-order valence-electron chi connectivity index (χ4n) is 2.02. The van der Waals surface area contributed by atoms with Crippen molar-refractivity contribution in [1.29, 1.82) is 0 Å². The second-order valence-electron chi connectivity index (χ2n) is 4.66. The molecule has 1 amide bonds. The van der Waals surface area contributed by atoms with Crippen LogP contribution in [0.15, 0.2) is 42.5 Å². The fraction of sp³-hybridized carbons (Fsp3) is 0.188. The van der Waals surface area contributed by atoms with Crippen molar-refractivity contribution in [2.75, 3.05) is 24.8 Å². The molecule has 2 aromatic rings. The Balaban J connectivity index is 2.38. The Bertz CT molecular complexity index is 638. The average Bonchev–Trinajstić information content (AvgIpc) is 2.45. The lowest BCUT2D eigenvalue weighted by Gasteiger charge is -2.19. The Labute approximate surface area is 118 Å². The molecule has 0 saturated heterocycles. The van der Waals surface area contributed by atoms with Crippen LogP contribution >= 0.6 is 0 Å². The van der Waals surface area contributed by atoms with E-state index >= 15 is 0 Å². The highest BCUT2D eigenvalue weighted by Gasteiger charge is 2.18. The second-order valence-corrected chi connectivity index (χ2v) is 4.66. The van der Waals surface area contributed by atoms with Crippen molar-refractivity contribution in [3.63, 3.8) is 0 Å². The first-order valence-electron chi connectivity index (χ1n) is 6.31. The first kappa shape index (κ1) is 13.9. The number of carbonyl (C=O) groups excluding carboxylic acids is 1. The number of carbonyl (C=O) groups is 1. The number of hydrogen-bond donors (Lipinski definition) is 1. The topological polar surface area (TPSA) is 55.6 Å². The molecular weight excluding hydrogens is 252 g/mol. The second kappa shape index (κ2) is 5.65. The maximum absolute atomic E-state index is 12.6. The third-order valence-electron chi connectivity index (χ3n) is 3.15. The van der Waals surface area contributed by atoms with Crippen LogP contribution in [0.3, 0.4) is 0 Å². The lowest BCUT2D eigenvalue weighted by atomic mass is 10.1. The number of nitrogens with two attached hydrogens (primary N) is 1. The van der Waals surface area contributed by atoms with Crippen LogP contribution in [-0.2, 0) is 0 Å². The van der Waals surface area contributed by atoms with Crippen molar-refractivity contribution < 1.29 is 9.53 Å². The van der Waals surface area contributed by atoms with Crippen molar-refractivity contribution in [2.24, 2.45) is 0 Å². The van der Waals surface area contributed by atoms with Crippen LogP contribution in [-0.4, -0.2) is 20.1 Å². The zero-order chi connectivity index (χ0) is 14.7. The molecule has 0 radical (unpaired) electrons. The Morgan fingerprint density at radius 2 is 1.95 bits per heavy atom. The van der Waals surface area contributed by atoms with E-state index in [9.17, 15) is 4.79 Å². The predicted molar refractivity (Wildman–Crippen MR) is 81.3 cm³/mol. The minimum Gasteiger partial charge on any atom is -0.496 e. The largest absolute Gasteiger partial charge is 0.496 e. The molecule has 0 aliphatic carbocycles. The lowest BCUT2D eigenvalue weighted by Crippen LogP contribution is -2.26. The van der Waals surface area contributed by atoms with Crippen molar-refractivity contribution >= 4 is 17.3 Å². The number of nitrogen functional groups attached to an aromatic ring is 1. The van der Waals surface area contributed by atoms with E-state index < -0.39 is 0 Å². The molecule has 0 aromatic heterocycles. The third-order valence-corrected chi connectivity index (χ3v) is 3.15. The Kier molecular flexibility index (Phi) is 3.94. The summed E-state index contributed by atoms with van der Waals surface area (Å²) in [5.74, 6) is 0.438. The average molecular weight is 270 g/mol. The van der Waals surface area contributed by atoms with E-state index in [0.717, 1.165) is 11.3 Å². The monoisotopic (exact) mass is 270 g/mol. The summed E-state index contributed by atoms with van der Waals surface area (Å²) < 4.78 is 5.26. The van der Waals surface area contributed by atoms with Gasteiger partial charge < -0.3 is 15.4 Å². The molecule has 0 fully saturated rings. The number of nitrogens with zero attached hydrogens (tertiary/aromatic N) is 1. The molecule has 0 spiro atoms. The van der Waals surface area contributed by atoms with E-state index in [1.807, 2.05) is 31.2 Å². The fourth-order valence-corrected chi connectivity index (χ4v) is 2.02. The molecule has 0 atom stereocenters. The van der Waals surface area contributed by atoms with Crippen molar-refractivity contribution in [3.8, 4) is 5.75 Å². The van der Waals surface area contributed by atoms with Gasteiger partial charge in [-0.05, 0) is 37.3 Å². The summed E-state index contributed by atoms with van der Waals surface area (Å²) in [6, 6.07) is 12.8. The van der Waals surface area contributed by atoms with Gasteiger partial charge in [0.25, 0.3) is 5.91 Å². The molecule has 2 rings (SSSR count). The molecule has 2 N–H and O–H groups in total. The number of rotatable bonds is 3. The summed E-state index contributed by atoms with van der Waals surface area (Å²) >= 11 is 0. The smallest absolute Gasteiger partial charge is 0.261 e. The number of benzene rings is 2. The molecular formula is C16H18N2O2. The zero-order valence-corrected chi connectivity index (χ0v) is 11.9. The summed E-state index contributed by atoms with van der Waals surface area (Å²) in [5, 5.41) is 0. The standard InChI is InChI=1S/C16H18N2O2/c1-11-7-8-15(20-3)14(9-11)16(19)18(2)13-6-4-5-12(17)10-13/h4-10H,17H2,1-3H3. The minimum absolute atomic E-state index is 0.129. The summed E-state index contributed by atoms with van der Waals surface area (Å²) in [4.78, 5) is 14.2. The van der Waals surface area contributed by atoms with Crippen molar-refractivity contribution in [1.82, 2.24) is 0 Å². The highest BCUT2D eigenvalue weighted by molar-refractivity contribution is 6.07. The summed E-state index contributed by atoms with van der Waals surface area (Å²) in [6.07, 6.45) is 0. The van der Waals surface area contributed by atoms with Crippen LogP contribution in [0, 0.1) is 6.92 Å². The van der Waals surface area contributed by atoms with Gasteiger partial charge in [0.1, 0.15) is 5.75 Å². The molecule has 4 nitrogen and oxygen atoms in total. The van der Waals surface area contributed by atoms with Gasteiger partial charge in [-0.2, -0.15) is 0 Å². The van der Waals surface area contributed by atoms with Gasteiger partial charge in [0.05, 0.1) is 12.7 Å². The van der Waals surface area contributed by atoms with Gasteiger partial charge in [-0.3, -0.25) is 4.79 Å². The Morgan fingerprint density at radius 1 is 1.20 bits per heavy atom. The number of hydrogen-bond acceptors (Lipinski definition) is 3. The van der Waals surface area contributed by atoms with Gasteiger partial charge in [-0.15, -0.1) is 0 Å². The number of aryl methyl sites for hydroxylation is 1. The van der Waals surface area contributed by atoms with Gasteiger partial charge in [-0.1, -0.05) is 17.7 Å². The normalized spacial score (nSPS) is 10.2. The molecule has 0 heterocycles. The van der Waals surface area contributed by atoms with Crippen LogP contribution in [0.5, 0.6) is 5.75 Å². The molecule has 2 aromatic carbocycles. The maximum atomic E-state index is 12.6. The van der Waals surface area contributed by atoms with Gasteiger partial charge in [0, 0.05) is 18.4 Å². The predicted octanol–water partition coefficient (Wildman–Crippen LogP) is 2.86. The molecule has 0 unspecified atom stereocenters. The molecule has 0 saturated carbocycles. The number of anilines is 2. The first-order chi connectivity index (χ1) is 9.52. The van der Waals surface area contributed by atoms with Gasteiger partial charge in [-0.25, -0.2) is 0 Å². The van der Waals surface area contributed by atoms with E-state index in [2.05, 4.69) is 0 Å². The summed E-state index contributed by atoms with van der Waals surface area (Å²) in [7, 11) is 3.28. The third kappa shape index (κ3) is 2.74.